The normalized spacial score (nSPS) is 19.1. The topological polar surface area (TPSA) is 186 Å². The average molecular weight is 992 g/mol. The molecule has 1 aliphatic rings. The van der Waals surface area contributed by atoms with Crippen molar-refractivity contribution in [2.24, 2.45) is 0 Å². The Hall–Kier alpha value is -1.35. The number of rotatable bonds is 50. The monoisotopic (exact) mass is 991 g/mol. The summed E-state index contributed by atoms with van der Waals surface area (Å²) in [5.41, 5.74) is 0. The molecule has 0 aromatic heterocycles. The highest BCUT2D eigenvalue weighted by molar-refractivity contribution is 7.85. The van der Waals surface area contributed by atoms with Crippen LogP contribution in [-0.2, 0) is 38.7 Å². The zero-order valence-electron chi connectivity index (χ0n) is 43.7. The standard InChI is InChI=1S/C55H106O12S/c1-3-5-7-9-11-13-15-17-19-21-23-24-26-28-30-32-34-36-38-40-42-44-51(57)66-48(46-65-55-54(60)53(59)52(58)49(67-55)47-68(61,62)63)45-64-50(56)43-41-39-37-35-33-31-29-27-25-22-20-18-16-14-12-10-8-6-4-2/h48-49,52-55,58-60H,3-47H2,1-2H3,(H,61,62,63)/t48-,49-,52-,53?,54?,55+/m1/s1. The van der Waals surface area contributed by atoms with E-state index in [1.54, 1.807) is 0 Å². The van der Waals surface area contributed by atoms with E-state index in [1.165, 1.54) is 205 Å². The average Bonchev–Trinajstić information content (AvgIpc) is 3.31. The molecule has 12 nitrogen and oxygen atoms in total. The van der Waals surface area contributed by atoms with Gasteiger partial charge in [-0.3, -0.25) is 14.1 Å². The molecule has 0 aromatic carbocycles. The zero-order chi connectivity index (χ0) is 49.8. The van der Waals surface area contributed by atoms with Gasteiger partial charge in [0.05, 0.1) is 6.61 Å². The Morgan fingerprint density at radius 3 is 1.07 bits per heavy atom. The van der Waals surface area contributed by atoms with Gasteiger partial charge in [-0.25, -0.2) is 0 Å². The molecule has 0 amide bonds. The minimum atomic E-state index is -4.60. The maximum absolute atomic E-state index is 12.9. The summed E-state index contributed by atoms with van der Waals surface area (Å²) in [7, 11) is -4.60. The first kappa shape index (κ1) is 64.7. The van der Waals surface area contributed by atoms with Crippen molar-refractivity contribution in [1.29, 1.82) is 0 Å². The van der Waals surface area contributed by atoms with Gasteiger partial charge in [0.15, 0.2) is 12.4 Å². The van der Waals surface area contributed by atoms with Crippen LogP contribution in [0.4, 0.5) is 0 Å². The van der Waals surface area contributed by atoms with Gasteiger partial charge < -0.3 is 34.3 Å². The number of carbonyl (C=O) groups is 2. The molecule has 2 unspecified atom stereocenters. The highest BCUT2D eigenvalue weighted by atomic mass is 32.2. The van der Waals surface area contributed by atoms with E-state index in [2.05, 4.69) is 13.8 Å². The van der Waals surface area contributed by atoms with Gasteiger partial charge in [0, 0.05) is 12.8 Å². The van der Waals surface area contributed by atoms with Gasteiger partial charge >= 0.3 is 11.9 Å². The Labute approximate surface area is 416 Å². The molecule has 13 heteroatoms. The first-order valence-corrected chi connectivity index (χ1v) is 30.2. The SMILES string of the molecule is CCCCCCCCCCCCCCCCCCCCCCCC(=O)O[C@H](COC(=O)CCCCCCCCCCCCCCCCCCCCC)CO[C@H]1O[C@H](CS(=O)(=O)O)[C@@H](O)C(O)C1O. The molecule has 1 rings (SSSR count). The van der Waals surface area contributed by atoms with E-state index in [1.807, 2.05) is 0 Å². The van der Waals surface area contributed by atoms with E-state index in [0.29, 0.717) is 12.8 Å². The van der Waals surface area contributed by atoms with Crippen molar-refractivity contribution in [2.45, 2.75) is 320 Å². The van der Waals surface area contributed by atoms with E-state index in [0.717, 1.165) is 38.5 Å². The van der Waals surface area contributed by atoms with Crippen LogP contribution in [-0.4, -0.2) is 96.0 Å². The van der Waals surface area contributed by atoms with Crippen LogP contribution in [0, 0.1) is 0 Å². The number of esters is 2. The Morgan fingerprint density at radius 2 is 0.750 bits per heavy atom. The van der Waals surface area contributed by atoms with Crippen molar-refractivity contribution in [2.75, 3.05) is 19.0 Å². The fraction of sp³-hybridized carbons (Fsp3) is 0.964. The highest BCUT2D eigenvalue weighted by Gasteiger charge is 2.46. The second-order valence-electron chi connectivity index (χ2n) is 20.3. The third-order valence-electron chi connectivity index (χ3n) is 13.7. The smallest absolute Gasteiger partial charge is 0.306 e. The Morgan fingerprint density at radius 1 is 0.441 bits per heavy atom. The summed E-state index contributed by atoms with van der Waals surface area (Å²) in [6.07, 6.45) is 41.4. The third kappa shape index (κ3) is 39.3. The number of hydrogen-bond donors (Lipinski definition) is 4. The first-order valence-electron chi connectivity index (χ1n) is 28.6. The molecule has 0 radical (unpaired) electrons. The van der Waals surface area contributed by atoms with Gasteiger partial charge in [0.2, 0.25) is 0 Å². The van der Waals surface area contributed by atoms with Crippen LogP contribution < -0.4 is 0 Å². The molecule has 4 N–H and O–H groups in total. The molecular formula is C55H106O12S. The molecule has 0 aromatic rings. The molecule has 6 atom stereocenters. The van der Waals surface area contributed by atoms with Crippen LogP contribution in [0.25, 0.3) is 0 Å². The van der Waals surface area contributed by atoms with Crippen molar-refractivity contribution >= 4 is 22.1 Å². The molecule has 404 valence electrons. The summed E-state index contributed by atoms with van der Waals surface area (Å²) in [5.74, 6) is -1.95. The van der Waals surface area contributed by atoms with Gasteiger partial charge in [0.1, 0.15) is 36.8 Å². The molecule has 0 bridgehead atoms. The number of ether oxygens (including phenoxy) is 4. The van der Waals surface area contributed by atoms with E-state index >= 15 is 0 Å². The lowest BCUT2D eigenvalue weighted by molar-refractivity contribution is -0.297. The Bertz CT molecular complexity index is 1250. The highest BCUT2D eigenvalue weighted by Crippen LogP contribution is 2.24. The van der Waals surface area contributed by atoms with Gasteiger partial charge in [0.25, 0.3) is 10.1 Å². The van der Waals surface area contributed by atoms with Gasteiger partial charge in [-0.05, 0) is 12.8 Å². The number of aliphatic hydroxyl groups excluding tert-OH is 3. The molecule has 1 heterocycles. The number of unbranched alkanes of at least 4 members (excludes halogenated alkanes) is 38. The maximum Gasteiger partial charge on any atom is 0.306 e. The lowest BCUT2D eigenvalue weighted by Gasteiger charge is -2.40. The lowest BCUT2D eigenvalue weighted by Crippen LogP contribution is -2.60. The van der Waals surface area contributed by atoms with E-state index in [4.69, 9.17) is 18.9 Å². The predicted molar refractivity (Wildman–Crippen MR) is 275 cm³/mol. The second-order valence-corrected chi connectivity index (χ2v) is 21.8. The second kappa shape index (κ2) is 45.5. The van der Waals surface area contributed by atoms with Gasteiger partial charge in [-0.15, -0.1) is 0 Å². The van der Waals surface area contributed by atoms with Gasteiger partial charge in [-0.2, -0.15) is 8.42 Å². The van der Waals surface area contributed by atoms with Crippen molar-refractivity contribution in [1.82, 2.24) is 0 Å². The van der Waals surface area contributed by atoms with E-state index in [-0.39, 0.29) is 19.4 Å². The maximum atomic E-state index is 12.9. The fourth-order valence-corrected chi connectivity index (χ4v) is 9.96. The fourth-order valence-electron chi connectivity index (χ4n) is 9.27. The van der Waals surface area contributed by atoms with Crippen molar-refractivity contribution in [3.8, 4) is 0 Å². The third-order valence-corrected chi connectivity index (χ3v) is 14.4. The van der Waals surface area contributed by atoms with E-state index < -0.39 is 71.2 Å². The van der Waals surface area contributed by atoms with Crippen LogP contribution in [0.15, 0.2) is 0 Å². The van der Waals surface area contributed by atoms with Crippen LogP contribution in [0.1, 0.15) is 284 Å². The van der Waals surface area contributed by atoms with Crippen LogP contribution in [0.2, 0.25) is 0 Å². The largest absolute Gasteiger partial charge is 0.462 e. The molecule has 1 fully saturated rings. The summed E-state index contributed by atoms with van der Waals surface area (Å²) in [4.78, 5) is 25.6. The molecule has 1 aliphatic heterocycles. The minimum Gasteiger partial charge on any atom is -0.462 e. The van der Waals surface area contributed by atoms with Crippen molar-refractivity contribution in [3.05, 3.63) is 0 Å². The minimum absolute atomic E-state index is 0.173. The van der Waals surface area contributed by atoms with Gasteiger partial charge in [-0.1, -0.05) is 258 Å². The van der Waals surface area contributed by atoms with Crippen molar-refractivity contribution < 1.29 is 56.8 Å². The first-order chi connectivity index (χ1) is 33.0. The summed E-state index contributed by atoms with van der Waals surface area (Å²) in [5, 5.41) is 31.0. The van der Waals surface area contributed by atoms with Crippen molar-refractivity contribution in [3.63, 3.8) is 0 Å². The quantitative estimate of drug-likeness (QED) is 0.0257. The summed E-state index contributed by atoms with van der Waals surface area (Å²) in [6.45, 7) is 3.84. The zero-order valence-corrected chi connectivity index (χ0v) is 44.6. The van der Waals surface area contributed by atoms with Crippen LogP contribution in [0.3, 0.4) is 0 Å². The number of aliphatic hydroxyl groups is 3. The number of carbonyl (C=O) groups excluding carboxylic acids is 2. The number of hydrogen-bond acceptors (Lipinski definition) is 11. The predicted octanol–water partition coefficient (Wildman–Crippen LogP) is 13.6. The Kier molecular flexibility index (Phi) is 43.3. The summed E-state index contributed by atoms with van der Waals surface area (Å²) < 4.78 is 54.4. The van der Waals surface area contributed by atoms with Crippen LogP contribution >= 0.6 is 0 Å². The molecule has 0 saturated carbocycles. The molecule has 68 heavy (non-hydrogen) atoms. The van der Waals surface area contributed by atoms with E-state index in [9.17, 15) is 37.9 Å². The Balaban J connectivity index is 2.30. The molecule has 0 spiro atoms. The summed E-state index contributed by atoms with van der Waals surface area (Å²) >= 11 is 0. The lowest BCUT2D eigenvalue weighted by atomic mass is 10.00. The molecular weight excluding hydrogens is 885 g/mol. The molecule has 0 aliphatic carbocycles. The summed E-state index contributed by atoms with van der Waals surface area (Å²) in [6, 6.07) is 0. The molecule has 1 saturated heterocycles. The van der Waals surface area contributed by atoms with Crippen LogP contribution in [0.5, 0.6) is 0 Å².